The Kier molecular flexibility index (Phi) is 7.34. The van der Waals surface area contributed by atoms with Crippen molar-refractivity contribution in [2.24, 2.45) is 0 Å². The number of ether oxygens (including phenoxy) is 1. The van der Waals surface area contributed by atoms with Crippen LogP contribution in [-0.4, -0.2) is 58.8 Å². The van der Waals surface area contributed by atoms with E-state index in [-0.39, 0.29) is 5.91 Å². The number of nitrogens with one attached hydrogen (secondary N) is 1. The van der Waals surface area contributed by atoms with Crippen LogP contribution in [0.4, 0.5) is 17.5 Å². The van der Waals surface area contributed by atoms with Crippen LogP contribution < -0.4 is 15.0 Å². The molecule has 0 saturated carbocycles. The zero-order valence-electron chi connectivity index (χ0n) is 19.2. The summed E-state index contributed by atoms with van der Waals surface area (Å²) in [7, 11) is 0. The summed E-state index contributed by atoms with van der Waals surface area (Å²) in [6.07, 6.45) is 3.88. The SMILES string of the molecule is CCCCOc1ccc(C(=O)N2CCN(c3ccc(Nc4cc(C)ccn4)nn3)CC2)cc1. The molecule has 3 aromatic rings. The highest BCUT2D eigenvalue weighted by molar-refractivity contribution is 5.94. The summed E-state index contributed by atoms with van der Waals surface area (Å²) in [5, 5.41) is 11.8. The molecule has 8 heteroatoms. The summed E-state index contributed by atoms with van der Waals surface area (Å²) in [6, 6.07) is 15.2. The van der Waals surface area contributed by atoms with Crippen molar-refractivity contribution in [3.63, 3.8) is 0 Å². The van der Waals surface area contributed by atoms with Crippen LogP contribution in [0.2, 0.25) is 0 Å². The van der Waals surface area contributed by atoms with Gasteiger partial charge in [-0.05, 0) is 67.4 Å². The lowest BCUT2D eigenvalue weighted by molar-refractivity contribution is 0.0746. The minimum absolute atomic E-state index is 0.0473. The molecule has 0 radical (unpaired) electrons. The summed E-state index contributed by atoms with van der Waals surface area (Å²) >= 11 is 0. The second-order valence-electron chi connectivity index (χ2n) is 8.13. The molecule has 1 aliphatic heterocycles. The maximum absolute atomic E-state index is 12.9. The first kappa shape index (κ1) is 22.5. The summed E-state index contributed by atoms with van der Waals surface area (Å²) in [4.78, 5) is 21.2. The standard InChI is InChI=1S/C25H30N6O2/c1-3-4-17-33-21-7-5-20(6-8-21)25(32)31-15-13-30(14-16-31)24-10-9-22(28-29-24)27-23-18-19(2)11-12-26-23/h5-12,18H,3-4,13-17H2,1-2H3,(H,26,27,28). The van der Waals surface area contributed by atoms with Crippen LogP contribution >= 0.6 is 0 Å². The number of piperazine rings is 1. The van der Waals surface area contributed by atoms with Crippen molar-refractivity contribution < 1.29 is 9.53 Å². The van der Waals surface area contributed by atoms with Gasteiger partial charge in [0.15, 0.2) is 11.6 Å². The number of anilines is 3. The Morgan fingerprint density at radius 2 is 1.79 bits per heavy atom. The van der Waals surface area contributed by atoms with E-state index in [1.165, 1.54) is 0 Å². The molecule has 172 valence electrons. The predicted molar refractivity (Wildman–Crippen MR) is 129 cm³/mol. The molecule has 2 aromatic heterocycles. The van der Waals surface area contributed by atoms with Crippen molar-refractivity contribution in [1.29, 1.82) is 0 Å². The van der Waals surface area contributed by atoms with Crippen molar-refractivity contribution in [1.82, 2.24) is 20.1 Å². The number of carbonyl (C=O) groups is 1. The monoisotopic (exact) mass is 446 g/mol. The van der Waals surface area contributed by atoms with E-state index in [2.05, 4.69) is 32.3 Å². The van der Waals surface area contributed by atoms with Gasteiger partial charge in [-0.25, -0.2) is 4.98 Å². The zero-order chi connectivity index (χ0) is 23.0. The fourth-order valence-corrected chi connectivity index (χ4v) is 3.65. The van der Waals surface area contributed by atoms with Gasteiger partial charge in [-0.2, -0.15) is 0 Å². The number of hydrogen-bond donors (Lipinski definition) is 1. The van der Waals surface area contributed by atoms with Crippen molar-refractivity contribution in [3.8, 4) is 5.75 Å². The smallest absolute Gasteiger partial charge is 0.253 e. The molecule has 1 fully saturated rings. The molecular weight excluding hydrogens is 416 g/mol. The van der Waals surface area contributed by atoms with Crippen molar-refractivity contribution in [3.05, 3.63) is 65.9 Å². The third-order valence-corrected chi connectivity index (χ3v) is 5.58. The van der Waals surface area contributed by atoms with E-state index in [4.69, 9.17) is 4.74 Å². The van der Waals surface area contributed by atoms with Gasteiger partial charge in [0.1, 0.15) is 11.6 Å². The van der Waals surface area contributed by atoms with Gasteiger partial charge in [-0.15, -0.1) is 10.2 Å². The molecule has 1 aromatic carbocycles. The number of benzene rings is 1. The summed E-state index contributed by atoms with van der Waals surface area (Å²) in [5.41, 5.74) is 1.81. The molecule has 3 heterocycles. The molecule has 0 unspecified atom stereocenters. The topological polar surface area (TPSA) is 83.5 Å². The number of unbranched alkanes of at least 4 members (excludes halogenated alkanes) is 1. The maximum Gasteiger partial charge on any atom is 0.253 e. The molecule has 0 spiro atoms. The second kappa shape index (κ2) is 10.8. The third-order valence-electron chi connectivity index (χ3n) is 5.58. The van der Waals surface area contributed by atoms with Crippen LogP contribution in [0.5, 0.6) is 5.75 Å². The molecule has 8 nitrogen and oxygen atoms in total. The summed E-state index contributed by atoms with van der Waals surface area (Å²) in [6.45, 7) is 7.56. The van der Waals surface area contributed by atoms with Crippen molar-refractivity contribution in [2.75, 3.05) is 43.0 Å². The van der Waals surface area contributed by atoms with E-state index in [9.17, 15) is 4.79 Å². The Labute approximate surface area is 194 Å². The molecule has 1 amide bonds. The van der Waals surface area contributed by atoms with Crippen LogP contribution in [-0.2, 0) is 0 Å². The van der Waals surface area contributed by atoms with Crippen molar-refractivity contribution >= 4 is 23.4 Å². The number of amides is 1. The number of aromatic nitrogens is 3. The van der Waals surface area contributed by atoms with Gasteiger partial charge in [-0.1, -0.05) is 13.3 Å². The fourth-order valence-electron chi connectivity index (χ4n) is 3.65. The zero-order valence-corrected chi connectivity index (χ0v) is 19.2. The first-order chi connectivity index (χ1) is 16.1. The average molecular weight is 447 g/mol. The molecule has 4 rings (SSSR count). The van der Waals surface area contributed by atoms with Crippen LogP contribution in [0.3, 0.4) is 0 Å². The number of carbonyl (C=O) groups excluding carboxylic acids is 1. The second-order valence-corrected chi connectivity index (χ2v) is 8.13. The molecule has 0 atom stereocenters. The summed E-state index contributed by atoms with van der Waals surface area (Å²) < 4.78 is 5.68. The summed E-state index contributed by atoms with van der Waals surface area (Å²) in [5.74, 6) is 3.04. The van der Waals surface area contributed by atoms with Crippen LogP contribution in [0.1, 0.15) is 35.7 Å². The van der Waals surface area contributed by atoms with Crippen LogP contribution in [0, 0.1) is 6.92 Å². The quantitative estimate of drug-likeness (QED) is 0.522. The Morgan fingerprint density at radius 3 is 2.45 bits per heavy atom. The average Bonchev–Trinajstić information content (AvgIpc) is 2.85. The number of pyridine rings is 1. The van der Waals surface area contributed by atoms with Gasteiger partial charge in [0, 0.05) is 37.9 Å². The Morgan fingerprint density at radius 1 is 1.00 bits per heavy atom. The Bertz CT molecular complexity index is 1050. The number of rotatable bonds is 8. The molecule has 1 saturated heterocycles. The van der Waals surface area contributed by atoms with Crippen LogP contribution in [0.25, 0.3) is 0 Å². The lowest BCUT2D eigenvalue weighted by Gasteiger charge is -2.35. The highest BCUT2D eigenvalue weighted by Crippen LogP contribution is 2.19. The number of aryl methyl sites for hydroxylation is 1. The maximum atomic E-state index is 12.9. The first-order valence-electron chi connectivity index (χ1n) is 11.4. The molecule has 1 aliphatic rings. The lowest BCUT2D eigenvalue weighted by atomic mass is 10.1. The van der Waals surface area contributed by atoms with E-state index in [0.717, 1.165) is 35.8 Å². The molecule has 1 N–H and O–H groups in total. The predicted octanol–water partition coefficient (Wildman–Crippen LogP) is 4.06. The molecular formula is C25H30N6O2. The van der Waals surface area contributed by atoms with Gasteiger partial charge < -0.3 is 19.9 Å². The van der Waals surface area contributed by atoms with Gasteiger partial charge in [0.05, 0.1) is 6.61 Å². The molecule has 33 heavy (non-hydrogen) atoms. The molecule has 0 bridgehead atoms. The largest absolute Gasteiger partial charge is 0.494 e. The van der Waals surface area contributed by atoms with E-state index in [1.54, 1.807) is 6.20 Å². The van der Waals surface area contributed by atoms with Crippen molar-refractivity contribution in [2.45, 2.75) is 26.7 Å². The normalized spacial score (nSPS) is 13.6. The van der Waals surface area contributed by atoms with Gasteiger partial charge in [-0.3, -0.25) is 4.79 Å². The lowest BCUT2D eigenvalue weighted by Crippen LogP contribution is -2.49. The van der Waals surface area contributed by atoms with E-state index < -0.39 is 0 Å². The van der Waals surface area contributed by atoms with Gasteiger partial charge >= 0.3 is 0 Å². The third kappa shape index (κ3) is 5.97. The minimum Gasteiger partial charge on any atom is -0.494 e. The number of hydrogen-bond acceptors (Lipinski definition) is 7. The number of nitrogens with zero attached hydrogens (tertiary/aromatic N) is 5. The van der Waals surface area contributed by atoms with E-state index >= 15 is 0 Å². The molecule has 0 aliphatic carbocycles. The van der Waals surface area contributed by atoms with E-state index in [1.807, 2.05) is 60.4 Å². The van der Waals surface area contributed by atoms with Gasteiger partial charge in [0.2, 0.25) is 0 Å². The highest BCUT2D eigenvalue weighted by Gasteiger charge is 2.23. The Hall–Kier alpha value is -3.68. The highest BCUT2D eigenvalue weighted by atomic mass is 16.5. The van der Waals surface area contributed by atoms with Crippen LogP contribution in [0.15, 0.2) is 54.7 Å². The van der Waals surface area contributed by atoms with Gasteiger partial charge in [0.25, 0.3) is 5.91 Å². The Balaban J connectivity index is 1.29. The fraction of sp³-hybridized carbons (Fsp3) is 0.360. The van der Waals surface area contributed by atoms with E-state index in [0.29, 0.717) is 44.2 Å². The minimum atomic E-state index is 0.0473. The first-order valence-corrected chi connectivity index (χ1v) is 11.4.